The van der Waals surface area contributed by atoms with Crippen LogP contribution in [-0.4, -0.2) is 7.11 Å². The summed E-state index contributed by atoms with van der Waals surface area (Å²) in [6.07, 6.45) is -0.564. The zero-order valence-electron chi connectivity index (χ0n) is 14.4. The number of ether oxygens (including phenoxy) is 1. The van der Waals surface area contributed by atoms with E-state index in [2.05, 4.69) is 23.7 Å². The van der Waals surface area contributed by atoms with Crippen LogP contribution in [0.4, 0.5) is 4.39 Å². The summed E-state index contributed by atoms with van der Waals surface area (Å²) in [5, 5.41) is 0. The van der Waals surface area contributed by atoms with Crippen LogP contribution in [-0.2, 0) is 4.74 Å². The zero-order chi connectivity index (χ0) is 18.2. The van der Waals surface area contributed by atoms with Crippen LogP contribution in [0.5, 0.6) is 0 Å². The molecule has 3 aromatic rings. The predicted octanol–water partition coefficient (Wildman–Crippen LogP) is 4.96. The van der Waals surface area contributed by atoms with Crippen molar-refractivity contribution in [1.29, 1.82) is 0 Å². The van der Waals surface area contributed by atoms with Crippen molar-refractivity contribution in [2.45, 2.75) is 6.10 Å². The monoisotopic (exact) mass is 340 g/mol. The van der Waals surface area contributed by atoms with Gasteiger partial charge < -0.3 is 4.74 Å². The molecule has 0 bridgehead atoms. The minimum absolute atomic E-state index is 0.339. The summed E-state index contributed by atoms with van der Waals surface area (Å²) >= 11 is 0. The minimum Gasteiger partial charge on any atom is -0.364 e. The van der Waals surface area contributed by atoms with E-state index >= 15 is 0 Å². The fraction of sp³-hybridized carbons (Fsp3) is 0.0833. The van der Waals surface area contributed by atoms with Crippen LogP contribution in [0.3, 0.4) is 0 Å². The average molecular weight is 340 g/mol. The summed E-state index contributed by atoms with van der Waals surface area (Å²) in [6.45, 7) is 0. The van der Waals surface area contributed by atoms with E-state index < -0.39 is 6.10 Å². The van der Waals surface area contributed by atoms with Crippen molar-refractivity contribution < 1.29 is 9.13 Å². The number of halogens is 1. The molecular weight excluding hydrogens is 323 g/mol. The molecule has 1 atom stereocenters. The van der Waals surface area contributed by atoms with Crippen molar-refractivity contribution in [3.8, 4) is 23.7 Å². The molecule has 1 nitrogen and oxygen atoms in total. The van der Waals surface area contributed by atoms with E-state index in [-0.39, 0.29) is 5.82 Å². The van der Waals surface area contributed by atoms with Gasteiger partial charge in [0.25, 0.3) is 0 Å². The number of rotatable bonds is 2. The molecule has 0 saturated heterocycles. The van der Waals surface area contributed by atoms with Gasteiger partial charge in [-0.25, -0.2) is 4.39 Å². The van der Waals surface area contributed by atoms with Gasteiger partial charge in [0, 0.05) is 29.4 Å². The number of hydrogen-bond acceptors (Lipinski definition) is 1. The molecule has 126 valence electrons. The minimum atomic E-state index is -0.564. The lowest BCUT2D eigenvalue weighted by Crippen LogP contribution is -2.02. The summed E-state index contributed by atoms with van der Waals surface area (Å²) in [4.78, 5) is 0. The first-order valence-electron chi connectivity index (χ1n) is 8.22. The van der Waals surface area contributed by atoms with Gasteiger partial charge in [-0.05, 0) is 42.5 Å². The summed E-state index contributed by atoms with van der Waals surface area (Å²) in [5.41, 5.74) is 3.10. The maximum Gasteiger partial charge on any atom is 0.144 e. The van der Waals surface area contributed by atoms with E-state index in [1.54, 1.807) is 13.2 Å². The van der Waals surface area contributed by atoms with Crippen LogP contribution in [0.2, 0.25) is 0 Å². The molecule has 26 heavy (non-hydrogen) atoms. The first kappa shape index (κ1) is 17.5. The molecule has 0 amide bonds. The maximum atomic E-state index is 13.8. The molecule has 0 aliphatic carbocycles. The molecule has 3 rings (SSSR count). The zero-order valence-corrected chi connectivity index (χ0v) is 14.4. The van der Waals surface area contributed by atoms with Crippen molar-refractivity contribution in [2.24, 2.45) is 0 Å². The van der Waals surface area contributed by atoms with E-state index in [1.807, 2.05) is 60.7 Å². The second kappa shape index (κ2) is 8.67. The Morgan fingerprint density at radius 1 is 0.769 bits per heavy atom. The van der Waals surface area contributed by atoms with Gasteiger partial charge in [0.1, 0.15) is 11.9 Å². The molecule has 0 radical (unpaired) electrons. The van der Waals surface area contributed by atoms with E-state index in [1.165, 1.54) is 12.1 Å². The number of benzene rings is 3. The van der Waals surface area contributed by atoms with Crippen LogP contribution in [0, 0.1) is 29.5 Å². The van der Waals surface area contributed by atoms with Crippen LogP contribution in [0.1, 0.15) is 28.4 Å². The SMILES string of the molecule is COC(C#Cc1ccccc1)c1cc(F)ccc1C#Cc1ccccc1. The Kier molecular flexibility index (Phi) is 5.84. The summed E-state index contributed by atoms with van der Waals surface area (Å²) < 4.78 is 19.3. The second-order valence-corrected chi connectivity index (χ2v) is 5.60. The highest BCUT2D eigenvalue weighted by Gasteiger charge is 2.12. The van der Waals surface area contributed by atoms with Crippen LogP contribution in [0.15, 0.2) is 78.9 Å². The highest BCUT2D eigenvalue weighted by atomic mass is 19.1. The Labute approximate surface area is 153 Å². The molecule has 0 aromatic heterocycles. The second-order valence-electron chi connectivity index (χ2n) is 5.60. The smallest absolute Gasteiger partial charge is 0.144 e. The number of methoxy groups -OCH3 is 1. The predicted molar refractivity (Wildman–Crippen MR) is 102 cm³/mol. The Bertz CT molecular complexity index is 986. The summed E-state index contributed by atoms with van der Waals surface area (Å²) in [5.74, 6) is 12.0. The van der Waals surface area contributed by atoms with Crippen LogP contribution in [0.25, 0.3) is 0 Å². The van der Waals surface area contributed by atoms with E-state index in [9.17, 15) is 4.39 Å². The number of hydrogen-bond donors (Lipinski definition) is 0. The summed E-state index contributed by atoms with van der Waals surface area (Å²) in [6, 6.07) is 23.8. The van der Waals surface area contributed by atoms with Crippen molar-refractivity contribution in [2.75, 3.05) is 7.11 Å². The van der Waals surface area contributed by atoms with Gasteiger partial charge in [0.2, 0.25) is 0 Å². The first-order valence-corrected chi connectivity index (χ1v) is 8.22. The van der Waals surface area contributed by atoms with Gasteiger partial charge in [0.05, 0.1) is 0 Å². The van der Waals surface area contributed by atoms with Crippen molar-refractivity contribution in [1.82, 2.24) is 0 Å². The lowest BCUT2D eigenvalue weighted by Gasteiger charge is -2.11. The Morgan fingerprint density at radius 2 is 1.38 bits per heavy atom. The molecule has 0 heterocycles. The quantitative estimate of drug-likeness (QED) is 0.599. The molecule has 0 saturated carbocycles. The highest BCUT2D eigenvalue weighted by Crippen LogP contribution is 2.21. The molecular formula is C24H17FO. The third-order valence-corrected chi connectivity index (χ3v) is 3.77. The molecule has 0 aliphatic rings. The molecule has 0 N–H and O–H groups in total. The molecule has 3 aromatic carbocycles. The van der Waals surface area contributed by atoms with E-state index in [0.717, 1.165) is 11.1 Å². The van der Waals surface area contributed by atoms with E-state index in [4.69, 9.17) is 4.74 Å². The standard InChI is InChI=1S/C24H17FO/c1-26-24(17-13-20-10-6-3-7-11-20)23-18-22(25)16-15-21(23)14-12-19-8-4-2-5-9-19/h2-11,15-16,18,24H,1H3. The topological polar surface area (TPSA) is 9.23 Å². The van der Waals surface area contributed by atoms with Crippen molar-refractivity contribution in [3.63, 3.8) is 0 Å². The van der Waals surface area contributed by atoms with Gasteiger partial charge in [-0.1, -0.05) is 60.1 Å². The van der Waals surface area contributed by atoms with Crippen molar-refractivity contribution in [3.05, 3.63) is 107 Å². The molecule has 2 heteroatoms. The van der Waals surface area contributed by atoms with Gasteiger partial charge in [0.15, 0.2) is 0 Å². The van der Waals surface area contributed by atoms with Gasteiger partial charge in [-0.15, -0.1) is 0 Å². The van der Waals surface area contributed by atoms with Gasteiger partial charge in [-0.2, -0.15) is 0 Å². The maximum absolute atomic E-state index is 13.8. The van der Waals surface area contributed by atoms with Gasteiger partial charge in [-0.3, -0.25) is 0 Å². The Hall–Kier alpha value is -3.33. The lowest BCUT2D eigenvalue weighted by molar-refractivity contribution is 0.150. The van der Waals surface area contributed by atoms with Crippen LogP contribution >= 0.6 is 0 Å². The molecule has 0 aliphatic heterocycles. The Balaban J connectivity index is 1.96. The third-order valence-electron chi connectivity index (χ3n) is 3.77. The fourth-order valence-corrected chi connectivity index (χ4v) is 2.46. The van der Waals surface area contributed by atoms with Crippen molar-refractivity contribution >= 4 is 0 Å². The fourth-order valence-electron chi connectivity index (χ4n) is 2.46. The average Bonchev–Trinajstić information content (AvgIpc) is 2.69. The van der Waals surface area contributed by atoms with Crippen LogP contribution < -0.4 is 0 Å². The third kappa shape index (κ3) is 4.61. The molecule has 0 spiro atoms. The molecule has 0 fully saturated rings. The largest absolute Gasteiger partial charge is 0.364 e. The van der Waals surface area contributed by atoms with E-state index in [0.29, 0.717) is 11.1 Å². The van der Waals surface area contributed by atoms with Gasteiger partial charge >= 0.3 is 0 Å². The molecule has 1 unspecified atom stereocenters. The normalized spacial score (nSPS) is 10.8. The highest BCUT2D eigenvalue weighted by molar-refractivity contribution is 5.49. The summed E-state index contributed by atoms with van der Waals surface area (Å²) in [7, 11) is 1.56. The lowest BCUT2D eigenvalue weighted by atomic mass is 10.0. The Morgan fingerprint density at radius 3 is 2.00 bits per heavy atom. The first-order chi connectivity index (χ1) is 12.8.